The van der Waals surface area contributed by atoms with E-state index in [2.05, 4.69) is 10.3 Å². The number of carboxylic acids is 1. The predicted octanol–water partition coefficient (Wildman–Crippen LogP) is 0.504. The molecule has 5 N–H and O–H groups in total. The summed E-state index contributed by atoms with van der Waals surface area (Å²) in [4.78, 5) is 25.3. The van der Waals surface area contributed by atoms with Crippen LogP contribution in [0.4, 0.5) is 0 Å². The van der Waals surface area contributed by atoms with Gasteiger partial charge >= 0.3 is 5.97 Å². The van der Waals surface area contributed by atoms with Gasteiger partial charge in [-0.2, -0.15) is 0 Å². The summed E-state index contributed by atoms with van der Waals surface area (Å²) in [6, 6.07) is 6.17. The van der Waals surface area contributed by atoms with E-state index in [9.17, 15) is 9.59 Å². The number of aliphatic carboxylic acids is 1. The van der Waals surface area contributed by atoms with Crippen molar-refractivity contribution in [2.24, 2.45) is 5.73 Å². The summed E-state index contributed by atoms with van der Waals surface area (Å²) in [6.07, 6.45) is 0. The molecular formula is C13H15N3O3. The van der Waals surface area contributed by atoms with E-state index in [1.54, 1.807) is 0 Å². The lowest BCUT2D eigenvalue weighted by Gasteiger charge is -2.08. The predicted molar refractivity (Wildman–Crippen MR) is 70.5 cm³/mol. The van der Waals surface area contributed by atoms with Crippen LogP contribution < -0.4 is 11.1 Å². The Bertz CT molecular complexity index is 633. The SMILES string of the molecule is Cc1[nH]c2ccccc2c1CNC(=O)C(N)C(=O)O. The molecule has 0 saturated carbocycles. The normalized spacial score (nSPS) is 12.3. The lowest BCUT2D eigenvalue weighted by atomic mass is 10.1. The maximum atomic E-state index is 11.5. The number of nitrogens with two attached hydrogens (primary N) is 1. The van der Waals surface area contributed by atoms with Crippen LogP contribution in [0.25, 0.3) is 10.9 Å². The molecule has 0 spiro atoms. The summed E-state index contributed by atoms with van der Waals surface area (Å²) < 4.78 is 0. The van der Waals surface area contributed by atoms with Crippen LogP contribution in [0.15, 0.2) is 24.3 Å². The fourth-order valence-corrected chi connectivity index (χ4v) is 1.96. The molecule has 1 aromatic carbocycles. The molecule has 1 aromatic heterocycles. The van der Waals surface area contributed by atoms with E-state index in [1.165, 1.54) is 0 Å². The van der Waals surface area contributed by atoms with E-state index < -0.39 is 17.9 Å². The monoisotopic (exact) mass is 261 g/mol. The van der Waals surface area contributed by atoms with Crippen LogP contribution in [0.3, 0.4) is 0 Å². The average molecular weight is 261 g/mol. The van der Waals surface area contributed by atoms with Crippen LogP contribution >= 0.6 is 0 Å². The molecule has 0 aliphatic rings. The molecule has 0 aliphatic carbocycles. The van der Waals surface area contributed by atoms with Crippen molar-refractivity contribution in [1.29, 1.82) is 0 Å². The third-order valence-corrected chi connectivity index (χ3v) is 3.01. The van der Waals surface area contributed by atoms with Gasteiger partial charge in [0.2, 0.25) is 5.91 Å². The van der Waals surface area contributed by atoms with Gasteiger partial charge in [0.25, 0.3) is 0 Å². The third-order valence-electron chi connectivity index (χ3n) is 3.01. The Morgan fingerprint density at radius 3 is 2.79 bits per heavy atom. The molecule has 0 aliphatic heterocycles. The standard InChI is InChI=1S/C13H15N3O3/c1-7-9(6-15-12(17)11(14)13(18)19)8-4-2-3-5-10(8)16-7/h2-5,11,16H,6,14H2,1H3,(H,15,17)(H,18,19). The molecule has 6 heteroatoms. The molecule has 2 rings (SSSR count). The van der Waals surface area contributed by atoms with Crippen molar-refractivity contribution in [3.05, 3.63) is 35.5 Å². The Morgan fingerprint density at radius 2 is 2.11 bits per heavy atom. The summed E-state index contributed by atoms with van der Waals surface area (Å²) in [5, 5.41) is 12.2. The lowest BCUT2D eigenvalue weighted by molar-refractivity contribution is -0.142. The number of hydrogen-bond donors (Lipinski definition) is 4. The highest BCUT2D eigenvalue weighted by Gasteiger charge is 2.21. The topological polar surface area (TPSA) is 108 Å². The molecule has 6 nitrogen and oxygen atoms in total. The Morgan fingerprint density at radius 1 is 1.42 bits per heavy atom. The summed E-state index contributed by atoms with van der Waals surface area (Å²) in [6.45, 7) is 2.15. The number of nitrogens with one attached hydrogen (secondary N) is 2. The zero-order chi connectivity index (χ0) is 14.0. The zero-order valence-corrected chi connectivity index (χ0v) is 10.4. The molecule has 100 valence electrons. The quantitative estimate of drug-likeness (QED) is 0.601. The molecule has 0 radical (unpaired) electrons. The van der Waals surface area contributed by atoms with Gasteiger partial charge in [0.15, 0.2) is 6.04 Å². The number of aromatic nitrogens is 1. The van der Waals surface area contributed by atoms with E-state index >= 15 is 0 Å². The number of carboxylic acid groups (broad SMARTS) is 1. The Kier molecular flexibility index (Phi) is 3.52. The number of aryl methyl sites for hydroxylation is 1. The van der Waals surface area contributed by atoms with Gasteiger partial charge in [-0.15, -0.1) is 0 Å². The van der Waals surface area contributed by atoms with Crippen molar-refractivity contribution < 1.29 is 14.7 Å². The van der Waals surface area contributed by atoms with Crippen molar-refractivity contribution in [3.63, 3.8) is 0 Å². The minimum Gasteiger partial charge on any atom is -0.480 e. The molecule has 1 atom stereocenters. The van der Waals surface area contributed by atoms with Crippen LogP contribution in [0, 0.1) is 6.92 Å². The highest BCUT2D eigenvalue weighted by atomic mass is 16.4. The largest absolute Gasteiger partial charge is 0.480 e. The Hall–Kier alpha value is -2.34. The van der Waals surface area contributed by atoms with Crippen molar-refractivity contribution >= 4 is 22.8 Å². The number of para-hydroxylation sites is 1. The summed E-state index contributed by atoms with van der Waals surface area (Å²) in [7, 11) is 0. The highest BCUT2D eigenvalue weighted by Crippen LogP contribution is 2.21. The van der Waals surface area contributed by atoms with E-state index in [4.69, 9.17) is 10.8 Å². The van der Waals surface area contributed by atoms with Gasteiger partial charge in [0.1, 0.15) is 0 Å². The molecule has 2 aromatic rings. The minimum atomic E-state index is -1.54. The number of carbonyl (C=O) groups excluding carboxylic acids is 1. The number of aromatic amines is 1. The van der Waals surface area contributed by atoms with Crippen molar-refractivity contribution in [2.45, 2.75) is 19.5 Å². The van der Waals surface area contributed by atoms with Gasteiger partial charge in [0, 0.05) is 23.1 Å². The van der Waals surface area contributed by atoms with Gasteiger partial charge in [-0.1, -0.05) is 18.2 Å². The first-order valence-corrected chi connectivity index (χ1v) is 5.83. The van der Waals surface area contributed by atoms with Gasteiger partial charge < -0.3 is 21.1 Å². The highest BCUT2D eigenvalue weighted by molar-refractivity contribution is 6.00. The van der Waals surface area contributed by atoms with Gasteiger partial charge in [0.05, 0.1) is 0 Å². The van der Waals surface area contributed by atoms with E-state index in [1.807, 2.05) is 31.2 Å². The second kappa shape index (κ2) is 5.11. The van der Waals surface area contributed by atoms with Crippen LogP contribution in [0.2, 0.25) is 0 Å². The molecule has 0 bridgehead atoms. The molecule has 19 heavy (non-hydrogen) atoms. The minimum absolute atomic E-state index is 0.246. The number of rotatable bonds is 4. The van der Waals surface area contributed by atoms with E-state index in [0.29, 0.717) is 0 Å². The molecule has 1 heterocycles. The molecule has 0 saturated heterocycles. The fraction of sp³-hybridized carbons (Fsp3) is 0.231. The summed E-state index contributed by atoms with van der Waals surface area (Å²) >= 11 is 0. The Labute approximate surface area is 109 Å². The van der Waals surface area contributed by atoms with Gasteiger partial charge in [-0.3, -0.25) is 4.79 Å². The first-order valence-electron chi connectivity index (χ1n) is 5.83. The van der Waals surface area contributed by atoms with Gasteiger partial charge in [-0.05, 0) is 18.6 Å². The maximum Gasteiger partial charge on any atom is 0.330 e. The number of benzene rings is 1. The first kappa shape index (κ1) is 13.1. The average Bonchev–Trinajstić information content (AvgIpc) is 2.70. The number of H-pyrrole nitrogens is 1. The smallest absolute Gasteiger partial charge is 0.330 e. The molecule has 1 amide bonds. The van der Waals surface area contributed by atoms with Gasteiger partial charge in [-0.25, -0.2) is 4.79 Å². The molecular weight excluding hydrogens is 246 g/mol. The fourth-order valence-electron chi connectivity index (χ4n) is 1.96. The first-order chi connectivity index (χ1) is 9.00. The third kappa shape index (κ3) is 2.58. The van der Waals surface area contributed by atoms with Crippen LogP contribution in [0.5, 0.6) is 0 Å². The number of amides is 1. The summed E-state index contributed by atoms with van der Waals surface area (Å²) in [5.74, 6) is -2.04. The number of carbonyl (C=O) groups is 2. The summed E-state index contributed by atoms with van der Waals surface area (Å²) in [5.41, 5.74) is 8.08. The van der Waals surface area contributed by atoms with Crippen LogP contribution in [-0.2, 0) is 16.1 Å². The Balaban J connectivity index is 2.16. The number of fused-ring (bicyclic) bond motifs is 1. The van der Waals surface area contributed by atoms with E-state index in [0.717, 1.165) is 22.2 Å². The second-order valence-electron chi connectivity index (χ2n) is 4.31. The van der Waals surface area contributed by atoms with Crippen molar-refractivity contribution in [2.75, 3.05) is 0 Å². The zero-order valence-electron chi connectivity index (χ0n) is 10.4. The lowest BCUT2D eigenvalue weighted by Crippen LogP contribution is -2.45. The van der Waals surface area contributed by atoms with Crippen molar-refractivity contribution in [1.82, 2.24) is 10.3 Å². The molecule has 1 unspecified atom stereocenters. The maximum absolute atomic E-state index is 11.5. The van der Waals surface area contributed by atoms with Crippen molar-refractivity contribution in [3.8, 4) is 0 Å². The van der Waals surface area contributed by atoms with Crippen LogP contribution in [-0.4, -0.2) is 28.0 Å². The van der Waals surface area contributed by atoms with Crippen LogP contribution in [0.1, 0.15) is 11.3 Å². The molecule has 0 fully saturated rings. The number of hydrogen-bond acceptors (Lipinski definition) is 3. The van der Waals surface area contributed by atoms with E-state index in [-0.39, 0.29) is 6.54 Å². The second-order valence-corrected chi connectivity index (χ2v) is 4.31.